The second-order valence-corrected chi connectivity index (χ2v) is 7.17. The zero-order valence-electron chi connectivity index (χ0n) is 14.8. The minimum atomic E-state index is -0.239. The molecule has 1 aromatic carbocycles. The van der Waals surface area contributed by atoms with Crippen molar-refractivity contribution >= 4 is 11.7 Å². The van der Waals surface area contributed by atoms with E-state index in [-0.39, 0.29) is 17.5 Å². The number of amides is 2. The molecule has 1 spiro atoms. The Morgan fingerprint density at radius 3 is 2.80 bits per heavy atom. The van der Waals surface area contributed by atoms with E-state index in [1.165, 1.54) is 18.4 Å². The first-order valence-corrected chi connectivity index (χ1v) is 9.11. The van der Waals surface area contributed by atoms with Crippen LogP contribution >= 0.6 is 0 Å². The maximum atomic E-state index is 13.0. The van der Waals surface area contributed by atoms with Crippen LogP contribution in [0, 0.1) is 6.92 Å². The molecule has 4 rings (SSSR count). The number of anilines is 1. The maximum absolute atomic E-state index is 13.0. The highest BCUT2D eigenvalue weighted by molar-refractivity contribution is 5.95. The molecule has 1 fully saturated rings. The lowest BCUT2D eigenvalue weighted by atomic mass is 9.81. The predicted octanol–water partition coefficient (Wildman–Crippen LogP) is 3.87. The molecule has 1 aromatic heterocycles. The second kappa shape index (κ2) is 6.17. The third kappa shape index (κ3) is 2.69. The molecule has 6 heteroatoms. The maximum Gasteiger partial charge on any atom is 0.322 e. The smallest absolute Gasteiger partial charge is 0.322 e. The van der Waals surface area contributed by atoms with E-state index in [1.54, 1.807) is 6.92 Å². The summed E-state index contributed by atoms with van der Waals surface area (Å²) >= 11 is 0. The zero-order chi connectivity index (χ0) is 17.4. The molecule has 1 N–H and O–H groups in total. The van der Waals surface area contributed by atoms with Crippen molar-refractivity contribution in [3.63, 3.8) is 0 Å². The summed E-state index contributed by atoms with van der Waals surface area (Å²) in [5.74, 6) is 1.05. The first-order valence-electron chi connectivity index (χ1n) is 9.11. The number of benzene rings is 1. The highest BCUT2D eigenvalue weighted by atomic mass is 16.5. The number of nitrogens with zero attached hydrogens (tertiary/aromatic N) is 3. The van der Waals surface area contributed by atoms with Gasteiger partial charge in [0.2, 0.25) is 5.89 Å². The number of aromatic nitrogens is 2. The van der Waals surface area contributed by atoms with Crippen LogP contribution in [0.4, 0.5) is 10.5 Å². The van der Waals surface area contributed by atoms with Gasteiger partial charge in [0.05, 0.1) is 6.04 Å². The van der Waals surface area contributed by atoms with E-state index in [4.69, 9.17) is 4.52 Å². The molecule has 1 aliphatic carbocycles. The van der Waals surface area contributed by atoms with Crippen molar-refractivity contribution in [3.8, 4) is 0 Å². The summed E-state index contributed by atoms with van der Waals surface area (Å²) in [6.45, 7) is 4.53. The largest absolute Gasteiger partial charge is 0.340 e. The summed E-state index contributed by atoms with van der Waals surface area (Å²) in [6.07, 6.45) is 5.52. The molecule has 2 heterocycles. The molecule has 1 saturated carbocycles. The fraction of sp³-hybridized carbons (Fsp3) is 0.526. The van der Waals surface area contributed by atoms with Crippen molar-refractivity contribution in [1.82, 2.24) is 15.5 Å². The van der Waals surface area contributed by atoms with E-state index < -0.39 is 0 Å². The Bertz CT molecular complexity index is 779. The van der Waals surface area contributed by atoms with E-state index in [1.807, 2.05) is 17.9 Å². The van der Waals surface area contributed by atoms with Crippen LogP contribution in [0.25, 0.3) is 0 Å². The molecule has 6 nitrogen and oxygen atoms in total. The molecule has 2 amide bonds. The van der Waals surface area contributed by atoms with Gasteiger partial charge in [-0.05, 0) is 30.9 Å². The summed E-state index contributed by atoms with van der Waals surface area (Å²) < 4.78 is 5.06. The first-order chi connectivity index (χ1) is 12.1. The number of aryl methyl sites for hydroxylation is 1. The van der Waals surface area contributed by atoms with Gasteiger partial charge in [0.1, 0.15) is 0 Å². The van der Waals surface area contributed by atoms with Gasteiger partial charge in [-0.3, -0.25) is 4.90 Å². The van der Waals surface area contributed by atoms with Gasteiger partial charge in [-0.2, -0.15) is 4.98 Å². The van der Waals surface area contributed by atoms with E-state index in [0.717, 1.165) is 25.1 Å². The van der Waals surface area contributed by atoms with Crippen molar-refractivity contribution in [2.75, 3.05) is 11.4 Å². The average molecular weight is 340 g/mol. The summed E-state index contributed by atoms with van der Waals surface area (Å²) in [7, 11) is 0. The van der Waals surface area contributed by atoms with Gasteiger partial charge in [-0.25, -0.2) is 4.79 Å². The molecular weight excluding hydrogens is 316 g/mol. The molecule has 1 unspecified atom stereocenters. The van der Waals surface area contributed by atoms with Gasteiger partial charge < -0.3 is 9.84 Å². The van der Waals surface area contributed by atoms with Crippen LogP contribution in [0.5, 0.6) is 0 Å². The Morgan fingerprint density at radius 2 is 2.12 bits per heavy atom. The zero-order valence-corrected chi connectivity index (χ0v) is 14.8. The van der Waals surface area contributed by atoms with E-state index in [9.17, 15) is 4.79 Å². The standard InChI is InChI=1S/C19H24N4O2/c1-3-15(17-20-13(2)25-22-17)21-18(24)23-12-19(10-6-7-11-19)14-8-4-5-9-16(14)23/h4-5,8-9,15H,3,6-7,10-12H2,1-2H3,(H,21,24). The number of carbonyl (C=O) groups is 1. The van der Waals surface area contributed by atoms with Crippen LogP contribution < -0.4 is 10.2 Å². The Hall–Kier alpha value is -2.37. The lowest BCUT2D eigenvalue weighted by Gasteiger charge is -2.25. The summed E-state index contributed by atoms with van der Waals surface area (Å²) in [6, 6.07) is 8.02. The number of nitrogens with one attached hydrogen (secondary N) is 1. The van der Waals surface area contributed by atoms with Crippen LogP contribution in [-0.4, -0.2) is 22.7 Å². The Morgan fingerprint density at radius 1 is 1.36 bits per heavy atom. The lowest BCUT2D eigenvalue weighted by Crippen LogP contribution is -2.43. The van der Waals surface area contributed by atoms with Gasteiger partial charge >= 0.3 is 6.03 Å². The highest BCUT2D eigenvalue weighted by Gasteiger charge is 2.46. The van der Waals surface area contributed by atoms with Crippen LogP contribution in [-0.2, 0) is 5.41 Å². The van der Waals surface area contributed by atoms with Crippen LogP contribution in [0.15, 0.2) is 28.8 Å². The van der Waals surface area contributed by atoms with Crippen LogP contribution in [0.3, 0.4) is 0 Å². The number of urea groups is 1. The Labute approximate surface area is 147 Å². The molecule has 1 atom stereocenters. The third-order valence-electron chi connectivity index (χ3n) is 5.59. The number of carbonyl (C=O) groups excluding carboxylic acids is 1. The molecule has 0 radical (unpaired) electrons. The van der Waals surface area contributed by atoms with E-state index in [0.29, 0.717) is 18.1 Å². The van der Waals surface area contributed by atoms with Gasteiger partial charge in [-0.15, -0.1) is 0 Å². The van der Waals surface area contributed by atoms with Gasteiger partial charge in [0.15, 0.2) is 5.82 Å². The molecule has 0 bridgehead atoms. The number of para-hydroxylation sites is 1. The summed E-state index contributed by atoms with van der Waals surface area (Å²) in [5.41, 5.74) is 2.51. The minimum Gasteiger partial charge on any atom is -0.340 e. The first kappa shape index (κ1) is 16.1. The molecule has 1 aliphatic heterocycles. The molecule has 0 saturated heterocycles. The second-order valence-electron chi connectivity index (χ2n) is 7.17. The van der Waals surface area contributed by atoms with Crippen molar-refractivity contribution in [3.05, 3.63) is 41.5 Å². The lowest BCUT2D eigenvalue weighted by molar-refractivity contribution is 0.240. The number of hydrogen-bond acceptors (Lipinski definition) is 4. The molecule has 2 aliphatic rings. The SMILES string of the molecule is CCC(NC(=O)N1CC2(CCCC2)c2ccccc21)c1noc(C)n1. The topological polar surface area (TPSA) is 71.3 Å². The van der Waals surface area contributed by atoms with Gasteiger partial charge in [0.25, 0.3) is 0 Å². The van der Waals surface area contributed by atoms with Gasteiger partial charge in [-0.1, -0.05) is 43.1 Å². The predicted molar refractivity (Wildman–Crippen MR) is 94.5 cm³/mol. The third-order valence-corrected chi connectivity index (χ3v) is 5.59. The quantitative estimate of drug-likeness (QED) is 0.920. The van der Waals surface area contributed by atoms with Crippen LogP contribution in [0.1, 0.15) is 62.3 Å². The highest BCUT2D eigenvalue weighted by Crippen LogP contribution is 2.50. The van der Waals surface area contributed by atoms with Crippen molar-refractivity contribution < 1.29 is 9.32 Å². The molecule has 132 valence electrons. The number of fused-ring (bicyclic) bond motifs is 2. The molecular formula is C19H24N4O2. The van der Waals surface area contributed by atoms with Crippen molar-refractivity contribution in [1.29, 1.82) is 0 Å². The van der Waals surface area contributed by atoms with Crippen molar-refractivity contribution in [2.45, 2.75) is 57.4 Å². The Kier molecular flexibility index (Phi) is 3.98. The summed E-state index contributed by atoms with van der Waals surface area (Å²) in [4.78, 5) is 19.2. The molecule has 2 aromatic rings. The van der Waals surface area contributed by atoms with E-state index in [2.05, 4.69) is 33.7 Å². The number of hydrogen-bond donors (Lipinski definition) is 1. The minimum absolute atomic E-state index is 0.0782. The Balaban J connectivity index is 1.58. The van der Waals surface area contributed by atoms with Gasteiger partial charge in [0, 0.05) is 24.6 Å². The summed E-state index contributed by atoms with van der Waals surface area (Å²) in [5, 5.41) is 7.05. The molecule has 25 heavy (non-hydrogen) atoms. The monoisotopic (exact) mass is 340 g/mol. The van der Waals surface area contributed by atoms with Crippen LogP contribution in [0.2, 0.25) is 0 Å². The fourth-order valence-electron chi connectivity index (χ4n) is 4.32. The fourth-order valence-corrected chi connectivity index (χ4v) is 4.32. The average Bonchev–Trinajstić information content (AvgIpc) is 3.34. The number of rotatable bonds is 3. The van der Waals surface area contributed by atoms with Crippen molar-refractivity contribution in [2.24, 2.45) is 0 Å². The normalized spacial score (nSPS) is 19.2. The van der Waals surface area contributed by atoms with E-state index >= 15 is 0 Å².